The van der Waals surface area contributed by atoms with Gasteiger partial charge >= 0.3 is 0 Å². The zero-order chi connectivity index (χ0) is 19.1. The van der Waals surface area contributed by atoms with Crippen molar-refractivity contribution in [2.75, 3.05) is 19.6 Å². The topological polar surface area (TPSA) is 64.6 Å². The predicted molar refractivity (Wildman–Crippen MR) is 108 cm³/mol. The number of nitrogens with one attached hydrogen (secondary N) is 1. The Hall–Kier alpha value is -2.21. The van der Waals surface area contributed by atoms with Crippen LogP contribution in [0.1, 0.15) is 61.3 Å². The van der Waals surface area contributed by atoms with Crippen molar-refractivity contribution in [3.05, 3.63) is 34.8 Å². The monoisotopic (exact) mass is 377 g/mol. The number of carbonyl (C=O) groups excluding carboxylic acids is 1. The molecule has 6 heteroatoms. The number of H-pyrrole nitrogens is 1. The molecule has 0 radical (unpaired) electrons. The molecule has 6 rings (SSSR count). The van der Waals surface area contributed by atoms with Gasteiger partial charge in [-0.1, -0.05) is 26.0 Å². The second-order valence-corrected chi connectivity index (χ2v) is 9.59. The summed E-state index contributed by atoms with van der Waals surface area (Å²) in [6, 6.07) is 0.392. The van der Waals surface area contributed by atoms with Crippen LogP contribution >= 0.6 is 0 Å². The molecule has 2 aliphatic carbocycles. The van der Waals surface area contributed by atoms with Gasteiger partial charge in [-0.05, 0) is 32.1 Å². The fourth-order valence-corrected chi connectivity index (χ4v) is 5.79. The molecule has 146 valence electrons. The van der Waals surface area contributed by atoms with Crippen molar-refractivity contribution >= 4 is 17.7 Å². The zero-order valence-electron chi connectivity index (χ0n) is 16.7. The number of amides is 1. The van der Waals surface area contributed by atoms with E-state index in [4.69, 9.17) is 4.99 Å². The first-order valence-corrected chi connectivity index (χ1v) is 10.6. The molecule has 2 unspecified atom stereocenters. The van der Waals surface area contributed by atoms with Crippen molar-refractivity contribution in [3.8, 4) is 0 Å². The zero-order valence-corrected chi connectivity index (χ0v) is 16.7. The Kier molecular flexibility index (Phi) is 3.25. The van der Waals surface area contributed by atoms with E-state index in [1.165, 1.54) is 19.4 Å². The summed E-state index contributed by atoms with van der Waals surface area (Å²) in [4.78, 5) is 23.0. The first-order chi connectivity index (χ1) is 13.5. The molecule has 2 saturated heterocycles. The normalized spacial score (nSPS) is 32.5. The highest BCUT2D eigenvalue weighted by Crippen LogP contribution is 2.52. The van der Waals surface area contributed by atoms with E-state index in [9.17, 15) is 4.79 Å². The van der Waals surface area contributed by atoms with Gasteiger partial charge in [0.1, 0.15) is 5.69 Å². The lowest BCUT2D eigenvalue weighted by Crippen LogP contribution is -2.79. The van der Waals surface area contributed by atoms with E-state index >= 15 is 0 Å². The van der Waals surface area contributed by atoms with Crippen LogP contribution in [-0.2, 0) is 6.42 Å². The Morgan fingerprint density at radius 1 is 1.21 bits per heavy atom. The quantitative estimate of drug-likeness (QED) is 0.818. The molecule has 1 saturated carbocycles. The van der Waals surface area contributed by atoms with Crippen molar-refractivity contribution in [2.24, 2.45) is 10.4 Å². The molecule has 1 aromatic rings. The van der Waals surface area contributed by atoms with E-state index < -0.39 is 0 Å². The highest BCUT2D eigenvalue weighted by Gasteiger charge is 2.61. The van der Waals surface area contributed by atoms with Gasteiger partial charge in [-0.15, -0.1) is 0 Å². The van der Waals surface area contributed by atoms with Gasteiger partial charge < -0.3 is 4.90 Å². The van der Waals surface area contributed by atoms with Crippen LogP contribution in [0.5, 0.6) is 0 Å². The maximum absolute atomic E-state index is 13.5. The third-order valence-corrected chi connectivity index (χ3v) is 7.65. The van der Waals surface area contributed by atoms with Crippen LogP contribution in [0.25, 0.3) is 5.57 Å². The molecule has 1 spiro atoms. The molecular weight excluding hydrogens is 350 g/mol. The average Bonchev–Trinajstić information content (AvgIpc) is 2.98. The SMILES string of the molecule is CC1(C)C=CC2=C(CCc3c2n[nH]c3C(=O)N2CCN3CCC34CCC24)N=C1. The molecule has 5 aliphatic rings. The van der Waals surface area contributed by atoms with E-state index in [0.717, 1.165) is 54.9 Å². The van der Waals surface area contributed by atoms with Gasteiger partial charge in [0.2, 0.25) is 0 Å². The number of fused-ring (bicyclic) bond motifs is 2. The summed E-state index contributed by atoms with van der Waals surface area (Å²) in [5.41, 5.74) is 5.09. The second-order valence-electron chi connectivity index (χ2n) is 9.59. The number of aliphatic imine (C=N–C) groups is 1. The number of nitrogens with zero attached hydrogens (tertiary/aromatic N) is 4. The van der Waals surface area contributed by atoms with Crippen molar-refractivity contribution in [3.63, 3.8) is 0 Å². The Morgan fingerprint density at radius 2 is 2.11 bits per heavy atom. The minimum Gasteiger partial charge on any atom is -0.331 e. The third-order valence-electron chi connectivity index (χ3n) is 7.65. The summed E-state index contributed by atoms with van der Waals surface area (Å²) in [6.07, 6.45) is 11.7. The first kappa shape index (κ1) is 16.7. The summed E-state index contributed by atoms with van der Waals surface area (Å²) in [5, 5.41) is 7.70. The number of aromatic nitrogens is 2. The van der Waals surface area contributed by atoms with Crippen molar-refractivity contribution in [2.45, 2.75) is 57.5 Å². The lowest BCUT2D eigenvalue weighted by molar-refractivity contribution is -0.161. The lowest BCUT2D eigenvalue weighted by Gasteiger charge is -2.68. The highest BCUT2D eigenvalue weighted by molar-refractivity contribution is 5.97. The molecule has 3 aliphatic heterocycles. The maximum atomic E-state index is 13.5. The van der Waals surface area contributed by atoms with Gasteiger partial charge in [0.15, 0.2) is 0 Å². The molecule has 4 heterocycles. The minimum absolute atomic E-state index is 0.0621. The van der Waals surface area contributed by atoms with E-state index in [0.29, 0.717) is 17.3 Å². The summed E-state index contributed by atoms with van der Waals surface area (Å²) >= 11 is 0. The molecule has 0 aromatic carbocycles. The van der Waals surface area contributed by atoms with E-state index in [2.05, 4.69) is 46.0 Å². The molecule has 2 atom stereocenters. The summed E-state index contributed by atoms with van der Waals surface area (Å²) < 4.78 is 0. The summed E-state index contributed by atoms with van der Waals surface area (Å²) in [5.74, 6) is 0.148. The molecule has 3 fully saturated rings. The number of carbonyl (C=O) groups is 1. The third kappa shape index (κ3) is 2.10. The number of hydrogen-bond acceptors (Lipinski definition) is 4. The second kappa shape index (κ2) is 5.44. The molecule has 1 amide bonds. The van der Waals surface area contributed by atoms with Gasteiger partial charge in [-0.25, -0.2) is 0 Å². The van der Waals surface area contributed by atoms with Gasteiger partial charge in [0.05, 0.1) is 11.7 Å². The summed E-state index contributed by atoms with van der Waals surface area (Å²) in [6.45, 7) is 7.37. The smallest absolute Gasteiger partial charge is 0.272 e. The number of rotatable bonds is 1. The van der Waals surface area contributed by atoms with Gasteiger partial charge in [0, 0.05) is 53.6 Å². The number of allylic oxidation sites excluding steroid dienone is 4. The Balaban J connectivity index is 1.34. The van der Waals surface area contributed by atoms with Gasteiger partial charge in [-0.2, -0.15) is 5.10 Å². The first-order valence-electron chi connectivity index (χ1n) is 10.6. The van der Waals surface area contributed by atoms with Crippen LogP contribution in [0.3, 0.4) is 0 Å². The maximum Gasteiger partial charge on any atom is 0.272 e. The average molecular weight is 377 g/mol. The molecule has 1 aromatic heterocycles. The fourth-order valence-electron chi connectivity index (χ4n) is 5.79. The van der Waals surface area contributed by atoms with E-state index in [1.807, 2.05) is 6.21 Å². The number of hydrogen-bond donors (Lipinski definition) is 1. The Morgan fingerprint density at radius 3 is 2.86 bits per heavy atom. The molecule has 6 nitrogen and oxygen atoms in total. The van der Waals surface area contributed by atoms with Crippen molar-refractivity contribution < 1.29 is 4.79 Å². The standard InChI is InChI=1S/C22H27N5O/c1-21(2)7-5-14-16(23-13-21)4-3-15-18(14)24-25-19(15)20(28)27-12-11-26-10-9-22(26)8-6-17(22)27/h5,7,13,17H,3-4,6,8-12H2,1-2H3,(H,24,25). The largest absolute Gasteiger partial charge is 0.331 e. The fraction of sp³-hybridized carbons (Fsp3) is 0.591. The predicted octanol–water partition coefficient (Wildman–Crippen LogP) is 2.80. The van der Waals surface area contributed by atoms with E-state index in [-0.39, 0.29) is 11.3 Å². The lowest BCUT2D eigenvalue weighted by atomic mass is 9.61. The van der Waals surface area contributed by atoms with Crippen LogP contribution in [0, 0.1) is 5.41 Å². The Bertz CT molecular complexity index is 964. The Labute approximate surface area is 165 Å². The van der Waals surface area contributed by atoms with Crippen LogP contribution in [0.2, 0.25) is 0 Å². The van der Waals surface area contributed by atoms with Crippen molar-refractivity contribution in [1.29, 1.82) is 0 Å². The highest BCUT2D eigenvalue weighted by atomic mass is 16.2. The molecule has 1 N–H and O–H groups in total. The molecular formula is C22H27N5O. The van der Waals surface area contributed by atoms with Crippen LogP contribution < -0.4 is 0 Å². The van der Waals surface area contributed by atoms with Crippen LogP contribution in [0.4, 0.5) is 0 Å². The number of piperazine rings is 1. The van der Waals surface area contributed by atoms with E-state index in [1.54, 1.807) is 0 Å². The van der Waals surface area contributed by atoms with Gasteiger partial charge in [-0.3, -0.25) is 19.8 Å². The number of aromatic amines is 1. The van der Waals surface area contributed by atoms with Gasteiger partial charge in [0.25, 0.3) is 5.91 Å². The van der Waals surface area contributed by atoms with Crippen LogP contribution in [0.15, 0.2) is 22.8 Å². The van der Waals surface area contributed by atoms with Crippen LogP contribution in [-0.4, -0.2) is 63.3 Å². The minimum atomic E-state index is -0.0621. The molecule has 0 bridgehead atoms. The molecule has 28 heavy (non-hydrogen) atoms. The van der Waals surface area contributed by atoms with Crippen molar-refractivity contribution in [1.82, 2.24) is 20.0 Å². The summed E-state index contributed by atoms with van der Waals surface area (Å²) in [7, 11) is 0.